The Balaban J connectivity index is 1.69. The first kappa shape index (κ1) is 16.5. The standard InChI is InChI=1S/C21H19N3OS/c1-3-24-18-12-8-7-9-15(18)13-19(24)20-22-17(14-26-20)21(25)23(2)16-10-5-4-6-11-16/h4-14H,3H2,1-2H3. The average molecular weight is 361 g/mol. The summed E-state index contributed by atoms with van der Waals surface area (Å²) in [4.78, 5) is 19.1. The molecule has 0 aliphatic carbocycles. The molecule has 0 N–H and O–H groups in total. The lowest BCUT2D eigenvalue weighted by molar-refractivity contribution is 0.0989. The van der Waals surface area contributed by atoms with Gasteiger partial charge in [0, 0.05) is 35.6 Å². The molecule has 0 radical (unpaired) electrons. The van der Waals surface area contributed by atoms with E-state index in [1.54, 1.807) is 11.9 Å². The SMILES string of the molecule is CCn1c(-c2nc(C(=O)N(C)c3ccccc3)cs2)cc2ccccc21. The predicted octanol–water partition coefficient (Wildman–Crippen LogP) is 5.06. The molecule has 2 aromatic heterocycles. The molecule has 0 spiro atoms. The van der Waals surface area contributed by atoms with Crippen LogP contribution in [-0.2, 0) is 6.54 Å². The molecular formula is C21H19N3OS. The van der Waals surface area contributed by atoms with Crippen molar-refractivity contribution in [3.63, 3.8) is 0 Å². The fraction of sp³-hybridized carbons (Fsp3) is 0.143. The van der Waals surface area contributed by atoms with Crippen LogP contribution in [0.1, 0.15) is 17.4 Å². The molecule has 0 atom stereocenters. The van der Waals surface area contributed by atoms with Gasteiger partial charge in [0.2, 0.25) is 0 Å². The van der Waals surface area contributed by atoms with E-state index in [-0.39, 0.29) is 5.91 Å². The van der Waals surface area contributed by atoms with Gasteiger partial charge in [-0.05, 0) is 31.2 Å². The number of hydrogen-bond acceptors (Lipinski definition) is 3. The largest absolute Gasteiger partial charge is 0.339 e. The number of rotatable bonds is 4. The van der Waals surface area contributed by atoms with Crippen LogP contribution in [0.5, 0.6) is 0 Å². The first-order valence-corrected chi connectivity index (χ1v) is 9.44. The maximum Gasteiger partial charge on any atom is 0.277 e. The van der Waals surface area contributed by atoms with Crippen LogP contribution in [-0.4, -0.2) is 22.5 Å². The molecule has 5 heteroatoms. The van der Waals surface area contributed by atoms with Gasteiger partial charge in [0.25, 0.3) is 5.91 Å². The summed E-state index contributed by atoms with van der Waals surface area (Å²) >= 11 is 1.51. The Bertz CT molecular complexity index is 1070. The van der Waals surface area contributed by atoms with Gasteiger partial charge in [-0.2, -0.15) is 0 Å². The van der Waals surface area contributed by atoms with Crippen molar-refractivity contribution in [1.29, 1.82) is 0 Å². The average Bonchev–Trinajstić information content (AvgIpc) is 3.31. The van der Waals surface area contributed by atoms with Crippen molar-refractivity contribution in [2.24, 2.45) is 0 Å². The van der Waals surface area contributed by atoms with Crippen LogP contribution in [0.4, 0.5) is 5.69 Å². The number of aryl methyl sites for hydroxylation is 1. The number of amides is 1. The van der Waals surface area contributed by atoms with E-state index in [9.17, 15) is 4.79 Å². The molecule has 4 rings (SSSR count). The molecule has 0 unspecified atom stereocenters. The van der Waals surface area contributed by atoms with E-state index in [4.69, 9.17) is 0 Å². The Hall–Kier alpha value is -2.92. The number of para-hydroxylation sites is 2. The quantitative estimate of drug-likeness (QED) is 0.509. The summed E-state index contributed by atoms with van der Waals surface area (Å²) in [5.41, 5.74) is 3.58. The van der Waals surface area contributed by atoms with Crippen LogP contribution in [0.15, 0.2) is 66.0 Å². The lowest BCUT2D eigenvalue weighted by Crippen LogP contribution is -2.26. The lowest BCUT2D eigenvalue weighted by Gasteiger charge is -2.15. The summed E-state index contributed by atoms with van der Waals surface area (Å²) in [5.74, 6) is -0.0992. The zero-order chi connectivity index (χ0) is 18.1. The smallest absolute Gasteiger partial charge is 0.277 e. The number of nitrogens with zero attached hydrogens (tertiary/aromatic N) is 3. The number of fused-ring (bicyclic) bond motifs is 1. The van der Waals surface area contributed by atoms with E-state index in [0.29, 0.717) is 5.69 Å². The summed E-state index contributed by atoms with van der Waals surface area (Å²) in [6, 6.07) is 20.1. The van der Waals surface area contributed by atoms with Crippen molar-refractivity contribution in [2.45, 2.75) is 13.5 Å². The lowest BCUT2D eigenvalue weighted by atomic mass is 10.2. The summed E-state index contributed by atoms with van der Waals surface area (Å²) in [6.07, 6.45) is 0. The second-order valence-electron chi connectivity index (χ2n) is 6.07. The van der Waals surface area contributed by atoms with Crippen molar-refractivity contribution in [1.82, 2.24) is 9.55 Å². The van der Waals surface area contributed by atoms with Gasteiger partial charge in [-0.1, -0.05) is 36.4 Å². The molecule has 0 aliphatic heterocycles. The molecule has 26 heavy (non-hydrogen) atoms. The highest BCUT2D eigenvalue weighted by Crippen LogP contribution is 2.31. The van der Waals surface area contributed by atoms with Gasteiger partial charge >= 0.3 is 0 Å². The molecule has 0 bridgehead atoms. The Morgan fingerprint density at radius 1 is 1.12 bits per heavy atom. The summed E-state index contributed by atoms with van der Waals surface area (Å²) in [6.45, 7) is 2.98. The van der Waals surface area contributed by atoms with E-state index in [0.717, 1.165) is 22.9 Å². The van der Waals surface area contributed by atoms with Crippen LogP contribution in [0, 0.1) is 0 Å². The van der Waals surface area contributed by atoms with E-state index < -0.39 is 0 Å². The number of hydrogen-bond donors (Lipinski definition) is 0. The van der Waals surface area contributed by atoms with Gasteiger partial charge in [-0.3, -0.25) is 4.79 Å². The summed E-state index contributed by atoms with van der Waals surface area (Å²) in [5, 5.41) is 3.90. The first-order valence-electron chi connectivity index (χ1n) is 8.56. The molecule has 130 valence electrons. The maximum atomic E-state index is 12.8. The minimum Gasteiger partial charge on any atom is -0.339 e. The van der Waals surface area contributed by atoms with Crippen LogP contribution in [0.25, 0.3) is 21.6 Å². The third kappa shape index (κ3) is 2.80. The Morgan fingerprint density at radius 2 is 1.85 bits per heavy atom. The van der Waals surface area contributed by atoms with E-state index in [1.165, 1.54) is 22.2 Å². The van der Waals surface area contributed by atoms with Crippen molar-refractivity contribution in [3.8, 4) is 10.7 Å². The van der Waals surface area contributed by atoms with E-state index >= 15 is 0 Å². The number of aromatic nitrogens is 2. The molecule has 0 saturated carbocycles. The van der Waals surface area contributed by atoms with Gasteiger partial charge in [-0.25, -0.2) is 4.98 Å². The number of benzene rings is 2. The molecule has 4 aromatic rings. The predicted molar refractivity (Wildman–Crippen MR) is 108 cm³/mol. The fourth-order valence-corrected chi connectivity index (χ4v) is 3.98. The first-order chi connectivity index (χ1) is 12.7. The highest BCUT2D eigenvalue weighted by molar-refractivity contribution is 7.13. The van der Waals surface area contributed by atoms with E-state index in [1.807, 2.05) is 47.8 Å². The molecule has 4 nitrogen and oxygen atoms in total. The van der Waals surface area contributed by atoms with E-state index in [2.05, 4.69) is 34.7 Å². The van der Waals surface area contributed by atoms with Gasteiger partial charge < -0.3 is 9.47 Å². The number of carbonyl (C=O) groups excluding carboxylic acids is 1. The molecule has 1 amide bonds. The highest BCUT2D eigenvalue weighted by atomic mass is 32.1. The summed E-state index contributed by atoms with van der Waals surface area (Å²) in [7, 11) is 1.78. The van der Waals surface area contributed by atoms with Crippen LogP contribution < -0.4 is 4.90 Å². The van der Waals surface area contributed by atoms with Crippen LogP contribution in [0.2, 0.25) is 0 Å². The van der Waals surface area contributed by atoms with Crippen LogP contribution >= 0.6 is 11.3 Å². The van der Waals surface area contributed by atoms with Gasteiger partial charge in [0.05, 0.1) is 5.69 Å². The molecular weight excluding hydrogens is 342 g/mol. The molecule has 2 aromatic carbocycles. The van der Waals surface area contributed by atoms with Gasteiger partial charge in [0.1, 0.15) is 10.7 Å². The third-order valence-corrected chi connectivity index (χ3v) is 5.38. The molecule has 0 saturated heterocycles. The summed E-state index contributed by atoms with van der Waals surface area (Å²) < 4.78 is 2.24. The fourth-order valence-electron chi connectivity index (χ4n) is 3.16. The topological polar surface area (TPSA) is 38.1 Å². The Morgan fingerprint density at radius 3 is 2.62 bits per heavy atom. The Kier molecular flexibility index (Phi) is 4.31. The van der Waals surface area contributed by atoms with Gasteiger partial charge in [-0.15, -0.1) is 11.3 Å². The van der Waals surface area contributed by atoms with Crippen molar-refractivity contribution in [2.75, 3.05) is 11.9 Å². The maximum absolute atomic E-state index is 12.8. The minimum atomic E-state index is -0.0992. The second-order valence-corrected chi connectivity index (χ2v) is 6.93. The molecule has 0 fully saturated rings. The zero-order valence-corrected chi connectivity index (χ0v) is 15.5. The van der Waals surface area contributed by atoms with Crippen molar-refractivity contribution < 1.29 is 4.79 Å². The normalized spacial score (nSPS) is 11.0. The number of thiazole rings is 1. The molecule has 2 heterocycles. The monoisotopic (exact) mass is 361 g/mol. The number of carbonyl (C=O) groups is 1. The highest BCUT2D eigenvalue weighted by Gasteiger charge is 2.19. The van der Waals surface area contributed by atoms with Crippen molar-refractivity contribution in [3.05, 3.63) is 71.7 Å². The zero-order valence-electron chi connectivity index (χ0n) is 14.7. The number of anilines is 1. The Labute approximate surface area is 156 Å². The second kappa shape index (κ2) is 6.77. The minimum absolute atomic E-state index is 0.0992. The van der Waals surface area contributed by atoms with Crippen LogP contribution in [0.3, 0.4) is 0 Å². The molecule has 0 aliphatic rings. The van der Waals surface area contributed by atoms with Gasteiger partial charge in [0.15, 0.2) is 0 Å². The third-order valence-electron chi connectivity index (χ3n) is 4.52. The van der Waals surface area contributed by atoms with Crippen molar-refractivity contribution >= 4 is 33.8 Å².